The van der Waals surface area contributed by atoms with Gasteiger partial charge in [-0.15, -0.1) is 0 Å². The van der Waals surface area contributed by atoms with Crippen molar-refractivity contribution in [2.45, 2.75) is 71.9 Å². The number of rotatable bonds is 3. The molecule has 2 N–H and O–H groups in total. The Hall–Kier alpha value is -0.570. The van der Waals surface area contributed by atoms with Crippen molar-refractivity contribution in [3.8, 4) is 0 Å². The summed E-state index contributed by atoms with van der Waals surface area (Å²) in [7, 11) is 0. The fraction of sp³-hybridized carbons (Fsp3) is 0.929. The van der Waals surface area contributed by atoms with Gasteiger partial charge in [-0.25, -0.2) is 0 Å². The second kappa shape index (κ2) is 5.85. The zero-order valence-corrected chi connectivity index (χ0v) is 11.8. The van der Waals surface area contributed by atoms with Crippen LogP contribution in [0.3, 0.4) is 0 Å². The molecular formula is C14H28N2O. The molecule has 0 bridgehead atoms. The Kier molecular flexibility index (Phi) is 4.99. The molecule has 3 heteroatoms. The smallest absolute Gasteiger partial charge is 0.224 e. The number of hydrogen-bond acceptors (Lipinski definition) is 2. The molecular weight excluding hydrogens is 212 g/mol. The van der Waals surface area contributed by atoms with Crippen molar-refractivity contribution in [3.05, 3.63) is 0 Å². The Morgan fingerprint density at radius 1 is 1.41 bits per heavy atom. The van der Waals surface area contributed by atoms with E-state index in [2.05, 4.69) is 32.6 Å². The van der Waals surface area contributed by atoms with Crippen molar-refractivity contribution < 1.29 is 4.79 Å². The third-order valence-corrected chi connectivity index (χ3v) is 3.93. The van der Waals surface area contributed by atoms with Gasteiger partial charge in [-0.1, -0.05) is 27.7 Å². The lowest BCUT2D eigenvalue weighted by Crippen LogP contribution is -2.47. The minimum Gasteiger partial charge on any atom is -0.340 e. The van der Waals surface area contributed by atoms with Crippen LogP contribution in [-0.4, -0.2) is 29.4 Å². The zero-order valence-electron chi connectivity index (χ0n) is 11.8. The summed E-state index contributed by atoms with van der Waals surface area (Å²) in [6, 6.07) is 0.401. The molecule has 2 atom stereocenters. The molecule has 0 aromatic carbocycles. The standard InChI is InChI=1S/C14H28N2O/c1-5-11-8-6-7-9-16(11)13(17)10-12(15)14(2,3)4/h11-12H,5-10,15H2,1-4H3. The number of piperidine rings is 1. The van der Waals surface area contributed by atoms with Crippen LogP contribution < -0.4 is 5.73 Å². The Bertz CT molecular complexity index is 257. The fourth-order valence-corrected chi connectivity index (χ4v) is 2.36. The highest BCUT2D eigenvalue weighted by Gasteiger charge is 2.29. The molecule has 1 rings (SSSR count). The molecule has 1 heterocycles. The predicted octanol–water partition coefficient (Wildman–Crippen LogP) is 2.54. The van der Waals surface area contributed by atoms with Crippen molar-refractivity contribution >= 4 is 5.91 Å². The quantitative estimate of drug-likeness (QED) is 0.824. The van der Waals surface area contributed by atoms with Crippen LogP contribution in [0.4, 0.5) is 0 Å². The summed E-state index contributed by atoms with van der Waals surface area (Å²) < 4.78 is 0. The van der Waals surface area contributed by atoms with Crippen LogP contribution >= 0.6 is 0 Å². The third kappa shape index (κ3) is 3.98. The highest BCUT2D eigenvalue weighted by molar-refractivity contribution is 5.77. The first-order valence-corrected chi connectivity index (χ1v) is 6.91. The number of carbonyl (C=O) groups excluding carboxylic acids is 1. The van der Waals surface area contributed by atoms with Gasteiger partial charge in [-0.2, -0.15) is 0 Å². The van der Waals surface area contributed by atoms with Gasteiger partial charge in [0.25, 0.3) is 0 Å². The molecule has 1 aliphatic heterocycles. The molecule has 2 unspecified atom stereocenters. The molecule has 0 saturated carbocycles. The van der Waals surface area contributed by atoms with Crippen LogP contribution in [0.5, 0.6) is 0 Å². The van der Waals surface area contributed by atoms with Gasteiger partial charge >= 0.3 is 0 Å². The lowest BCUT2D eigenvalue weighted by atomic mass is 9.85. The number of hydrogen-bond donors (Lipinski definition) is 1. The minimum absolute atomic E-state index is 0.00710. The summed E-state index contributed by atoms with van der Waals surface area (Å²) in [4.78, 5) is 14.3. The summed E-state index contributed by atoms with van der Waals surface area (Å²) >= 11 is 0. The highest BCUT2D eigenvalue weighted by Crippen LogP contribution is 2.24. The van der Waals surface area contributed by atoms with E-state index in [0.717, 1.165) is 25.8 Å². The van der Waals surface area contributed by atoms with Gasteiger partial charge in [0.1, 0.15) is 0 Å². The van der Waals surface area contributed by atoms with Crippen LogP contribution in [0.2, 0.25) is 0 Å². The van der Waals surface area contributed by atoms with E-state index in [-0.39, 0.29) is 17.4 Å². The summed E-state index contributed by atoms with van der Waals surface area (Å²) in [6.45, 7) is 9.38. The van der Waals surface area contributed by atoms with Gasteiger partial charge in [0.05, 0.1) is 0 Å². The summed E-state index contributed by atoms with van der Waals surface area (Å²) in [5, 5.41) is 0. The van der Waals surface area contributed by atoms with E-state index < -0.39 is 0 Å². The Morgan fingerprint density at radius 2 is 2.06 bits per heavy atom. The SMILES string of the molecule is CCC1CCCCN1C(=O)CC(N)C(C)(C)C. The molecule has 1 fully saturated rings. The molecule has 1 amide bonds. The lowest BCUT2D eigenvalue weighted by molar-refractivity contribution is -0.135. The first-order valence-electron chi connectivity index (χ1n) is 6.91. The molecule has 100 valence electrons. The van der Waals surface area contributed by atoms with Crippen molar-refractivity contribution in [1.82, 2.24) is 4.90 Å². The van der Waals surface area contributed by atoms with E-state index in [4.69, 9.17) is 5.73 Å². The van der Waals surface area contributed by atoms with Crippen LogP contribution in [-0.2, 0) is 4.79 Å². The molecule has 0 aromatic rings. The molecule has 17 heavy (non-hydrogen) atoms. The third-order valence-electron chi connectivity index (χ3n) is 3.93. The maximum atomic E-state index is 12.3. The highest BCUT2D eigenvalue weighted by atomic mass is 16.2. The molecule has 1 aliphatic rings. The average Bonchev–Trinajstić information content (AvgIpc) is 2.27. The molecule has 3 nitrogen and oxygen atoms in total. The van der Waals surface area contributed by atoms with E-state index >= 15 is 0 Å². The second-order valence-electron chi connectivity index (χ2n) is 6.32. The average molecular weight is 240 g/mol. The van der Waals surface area contributed by atoms with Crippen molar-refractivity contribution in [3.63, 3.8) is 0 Å². The van der Waals surface area contributed by atoms with E-state index in [0.29, 0.717) is 12.5 Å². The number of likely N-dealkylation sites (tertiary alicyclic amines) is 1. The molecule has 0 aliphatic carbocycles. The molecule has 0 radical (unpaired) electrons. The fourth-order valence-electron chi connectivity index (χ4n) is 2.36. The molecule has 1 saturated heterocycles. The van der Waals surface area contributed by atoms with E-state index in [1.54, 1.807) is 0 Å². The van der Waals surface area contributed by atoms with Gasteiger partial charge in [0, 0.05) is 25.0 Å². The van der Waals surface area contributed by atoms with Gasteiger partial charge in [-0.05, 0) is 31.1 Å². The summed E-state index contributed by atoms with van der Waals surface area (Å²) in [5.41, 5.74) is 6.10. The van der Waals surface area contributed by atoms with E-state index in [9.17, 15) is 4.79 Å². The lowest BCUT2D eigenvalue weighted by Gasteiger charge is -2.37. The number of nitrogens with zero attached hydrogens (tertiary/aromatic N) is 1. The van der Waals surface area contributed by atoms with Crippen molar-refractivity contribution in [2.75, 3.05) is 6.54 Å². The molecule has 0 aromatic heterocycles. The first-order chi connectivity index (χ1) is 7.86. The van der Waals surface area contributed by atoms with E-state index in [1.165, 1.54) is 6.42 Å². The van der Waals surface area contributed by atoms with Gasteiger partial charge in [0.2, 0.25) is 5.91 Å². The minimum atomic E-state index is -0.0468. The topological polar surface area (TPSA) is 46.3 Å². The normalized spacial score (nSPS) is 23.6. The van der Waals surface area contributed by atoms with Crippen LogP contribution in [0.15, 0.2) is 0 Å². The second-order valence-corrected chi connectivity index (χ2v) is 6.32. The summed E-state index contributed by atoms with van der Waals surface area (Å²) in [5.74, 6) is 0.249. The van der Waals surface area contributed by atoms with Crippen LogP contribution in [0.25, 0.3) is 0 Å². The molecule has 0 spiro atoms. The van der Waals surface area contributed by atoms with Crippen molar-refractivity contribution in [2.24, 2.45) is 11.1 Å². The number of amides is 1. The Balaban J connectivity index is 2.56. The van der Waals surface area contributed by atoms with Gasteiger partial charge < -0.3 is 10.6 Å². The summed E-state index contributed by atoms with van der Waals surface area (Å²) in [6.07, 6.45) is 5.12. The van der Waals surface area contributed by atoms with Crippen molar-refractivity contribution in [1.29, 1.82) is 0 Å². The maximum absolute atomic E-state index is 12.3. The monoisotopic (exact) mass is 240 g/mol. The van der Waals surface area contributed by atoms with Gasteiger partial charge in [0.15, 0.2) is 0 Å². The number of carbonyl (C=O) groups is 1. The number of nitrogens with two attached hydrogens (primary N) is 1. The van der Waals surface area contributed by atoms with Crippen LogP contribution in [0.1, 0.15) is 59.8 Å². The van der Waals surface area contributed by atoms with Crippen LogP contribution in [0, 0.1) is 5.41 Å². The predicted molar refractivity (Wildman–Crippen MR) is 71.7 cm³/mol. The largest absolute Gasteiger partial charge is 0.340 e. The Morgan fingerprint density at radius 3 is 2.59 bits per heavy atom. The zero-order chi connectivity index (χ0) is 13.1. The Labute approximate surface area is 106 Å². The first kappa shape index (κ1) is 14.5. The maximum Gasteiger partial charge on any atom is 0.224 e. The van der Waals surface area contributed by atoms with E-state index in [1.807, 2.05) is 0 Å². The van der Waals surface area contributed by atoms with Gasteiger partial charge in [-0.3, -0.25) is 4.79 Å².